The lowest BCUT2D eigenvalue weighted by Crippen LogP contribution is -2.04. The Kier molecular flexibility index (Phi) is 6.49. The molecule has 282 valence electrons. The zero-order valence-electron chi connectivity index (χ0n) is 32.7. The maximum Gasteiger partial charge on any atom is 0.247 e. The van der Waals surface area contributed by atoms with Crippen LogP contribution in [0.2, 0.25) is 0 Å². The summed E-state index contributed by atoms with van der Waals surface area (Å²) in [4.78, 5) is 11.3. The van der Waals surface area contributed by atoms with Gasteiger partial charge in [0.25, 0.3) is 0 Å². The Morgan fingerprint density at radius 1 is 0.361 bits per heavy atom. The molecule has 0 unspecified atom stereocenters. The van der Waals surface area contributed by atoms with E-state index in [9.17, 15) is 0 Å². The molecule has 0 saturated carbocycles. The Bertz CT molecular complexity index is 4140. The minimum absolute atomic E-state index is 0.511. The van der Waals surface area contributed by atoms with Crippen molar-refractivity contribution in [1.82, 2.24) is 19.1 Å². The highest BCUT2D eigenvalue weighted by atomic mass is 16.3. The predicted octanol–water partition coefficient (Wildman–Crippen LogP) is 14.8. The van der Waals surface area contributed by atoms with Gasteiger partial charge in [-0.15, -0.1) is 0 Å². The fourth-order valence-corrected chi connectivity index (χ4v) is 10.4. The van der Waals surface area contributed by atoms with Crippen LogP contribution in [0.15, 0.2) is 199 Å². The van der Waals surface area contributed by atoms with Gasteiger partial charge in [-0.2, -0.15) is 0 Å². The summed E-state index contributed by atoms with van der Waals surface area (Å²) in [6, 6.07) is 69.6. The number of hydrogen-bond acceptors (Lipinski definition) is 3. The van der Waals surface area contributed by atoms with Crippen molar-refractivity contribution in [3.05, 3.63) is 194 Å². The zero-order chi connectivity index (χ0) is 39.8. The first-order valence-corrected chi connectivity index (χ1v) is 20.8. The van der Waals surface area contributed by atoms with E-state index in [1.54, 1.807) is 0 Å². The van der Waals surface area contributed by atoms with Crippen molar-refractivity contribution in [3.8, 4) is 22.8 Å². The SMILES string of the molecule is c1ccc(-n2c3ccccc3c3c(-c4nc5oc6ccccc6c5nc4-n4c5ccc6c7ccccc7c7ccccc7c6c5c5ccc6ccccc6c54)cccc32)cc1. The van der Waals surface area contributed by atoms with Crippen LogP contribution in [0.3, 0.4) is 0 Å². The Labute approximate surface area is 347 Å². The summed E-state index contributed by atoms with van der Waals surface area (Å²) in [6.07, 6.45) is 0. The molecular weight excluding hydrogens is 745 g/mol. The number of nitrogens with zero attached hydrogens (tertiary/aromatic N) is 4. The summed E-state index contributed by atoms with van der Waals surface area (Å²) in [5, 5.41) is 15.3. The lowest BCUT2D eigenvalue weighted by molar-refractivity contribution is 0.653. The van der Waals surface area contributed by atoms with Crippen LogP contribution in [-0.2, 0) is 0 Å². The third-order valence-corrected chi connectivity index (χ3v) is 12.9. The number of aromatic nitrogens is 4. The Morgan fingerprint density at radius 3 is 1.79 bits per heavy atom. The molecule has 4 heterocycles. The Morgan fingerprint density at radius 2 is 0.967 bits per heavy atom. The zero-order valence-corrected chi connectivity index (χ0v) is 32.7. The summed E-state index contributed by atoms with van der Waals surface area (Å²) in [6.45, 7) is 0. The molecule has 5 nitrogen and oxygen atoms in total. The first-order valence-electron chi connectivity index (χ1n) is 20.8. The summed E-state index contributed by atoms with van der Waals surface area (Å²) in [5.74, 6) is 0.754. The highest BCUT2D eigenvalue weighted by Crippen LogP contribution is 2.47. The molecule has 0 spiro atoms. The van der Waals surface area contributed by atoms with Crippen LogP contribution < -0.4 is 0 Å². The van der Waals surface area contributed by atoms with E-state index in [4.69, 9.17) is 14.4 Å². The van der Waals surface area contributed by atoms with Gasteiger partial charge in [0.2, 0.25) is 5.71 Å². The maximum atomic E-state index is 6.56. The van der Waals surface area contributed by atoms with E-state index in [0.29, 0.717) is 5.71 Å². The van der Waals surface area contributed by atoms with Gasteiger partial charge >= 0.3 is 0 Å². The quantitative estimate of drug-likeness (QED) is 0.168. The lowest BCUT2D eigenvalue weighted by Gasteiger charge is -2.15. The molecule has 0 aliphatic rings. The van der Waals surface area contributed by atoms with Gasteiger partial charge in [0.1, 0.15) is 16.8 Å². The largest absolute Gasteiger partial charge is 0.436 e. The summed E-state index contributed by atoms with van der Waals surface area (Å²) in [5.41, 5.74) is 9.24. The second-order valence-corrected chi connectivity index (χ2v) is 16.0. The molecule has 0 atom stereocenters. The topological polar surface area (TPSA) is 48.8 Å². The molecule has 0 radical (unpaired) electrons. The number of furan rings is 1. The molecule has 14 rings (SSSR count). The maximum absolute atomic E-state index is 6.56. The molecule has 5 heteroatoms. The molecule has 4 aromatic heterocycles. The van der Waals surface area contributed by atoms with Crippen molar-refractivity contribution in [3.63, 3.8) is 0 Å². The van der Waals surface area contributed by atoms with Crippen molar-refractivity contribution in [1.29, 1.82) is 0 Å². The van der Waals surface area contributed by atoms with Gasteiger partial charge in [-0.3, -0.25) is 4.57 Å². The predicted molar refractivity (Wildman–Crippen MR) is 253 cm³/mol. The van der Waals surface area contributed by atoms with E-state index in [0.717, 1.165) is 82.9 Å². The number of benzene rings is 10. The van der Waals surface area contributed by atoms with E-state index in [2.05, 4.69) is 185 Å². The van der Waals surface area contributed by atoms with E-state index < -0.39 is 0 Å². The van der Waals surface area contributed by atoms with Crippen molar-refractivity contribution >= 4 is 109 Å². The van der Waals surface area contributed by atoms with Gasteiger partial charge in [-0.1, -0.05) is 152 Å². The van der Waals surface area contributed by atoms with Crippen molar-refractivity contribution in [2.45, 2.75) is 0 Å². The van der Waals surface area contributed by atoms with Gasteiger partial charge in [0.15, 0.2) is 5.82 Å². The number of fused-ring (bicyclic) bond motifs is 18. The van der Waals surface area contributed by atoms with Crippen LogP contribution in [0.1, 0.15) is 0 Å². The standard InChI is InChI=1S/C56H32N4O/c1-2-16-34(17-3-1)59-45-26-12-10-23-41(45)49-43(25-14-27-46(49)59)52-55(57-53-42-24-11-13-28-48(42)61-56(53)58-52)60-47-32-31-40-38-21-7-6-19-36(38)37-20-8-9-22-39(37)50(40)51(47)44-30-29-33-15-4-5-18-35(33)54(44)60/h1-32H. The van der Waals surface area contributed by atoms with E-state index in [-0.39, 0.29) is 0 Å². The van der Waals surface area contributed by atoms with E-state index in [1.807, 2.05) is 18.2 Å². The second-order valence-electron chi connectivity index (χ2n) is 16.0. The van der Waals surface area contributed by atoms with Crippen LogP contribution in [0, 0.1) is 0 Å². The molecule has 0 aliphatic heterocycles. The van der Waals surface area contributed by atoms with Gasteiger partial charge in [-0.25, -0.2) is 9.97 Å². The average Bonchev–Trinajstić information content (AvgIpc) is 3.99. The van der Waals surface area contributed by atoms with E-state index in [1.165, 1.54) is 43.1 Å². The molecule has 0 aliphatic carbocycles. The molecule has 0 N–H and O–H groups in total. The van der Waals surface area contributed by atoms with Crippen LogP contribution in [0.4, 0.5) is 0 Å². The van der Waals surface area contributed by atoms with E-state index >= 15 is 0 Å². The Balaban J connectivity index is 1.21. The summed E-state index contributed by atoms with van der Waals surface area (Å²) < 4.78 is 11.3. The normalized spacial score (nSPS) is 12.3. The number of hydrogen-bond donors (Lipinski definition) is 0. The Hall–Kier alpha value is -8.28. The van der Waals surface area contributed by atoms with Crippen molar-refractivity contribution < 1.29 is 4.42 Å². The molecule has 14 aromatic rings. The van der Waals surface area contributed by atoms with Crippen molar-refractivity contribution in [2.24, 2.45) is 0 Å². The van der Waals surface area contributed by atoms with Crippen LogP contribution in [0.25, 0.3) is 132 Å². The molecule has 0 amide bonds. The van der Waals surface area contributed by atoms with Gasteiger partial charge < -0.3 is 8.98 Å². The first-order chi connectivity index (χ1) is 30.3. The molecular formula is C56H32N4O. The third kappa shape index (κ3) is 4.39. The number of para-hydroxylation sites is 3. The number of rotatable bonds is 3. The second kappa shape index (κ2) is 12.1. The molecule has 0 fully saturated rings. The smallest absolute Gasteiger partial charge is 0.247 e. The van der Waals surface area contributed by atoms with Gasteiger partial charge in [0, 0.05) is 49.0 Å². The lowest BCUT2D eigenvalue weighted by atomic mass is 9.91. The molecule has 10 aromatic carbocycles. The van der Waals surface area contributed by atoms with Crippen LogP contribution in [0.5, 0.6) is 0 Å². The first kappa shape index (κ1) is 32.7. The van der Waals surface area contributed by atoms with Gasteiger partial charge in [-0.05, 0) is 74.8 Å². The highest BCUT2D eigenvalue weighted by Gasteiger charge is 2.27. The van der Waals surface area contributed by atoms with Crippen LogP contribution >= 0.6 is 0 Å². The van der Waals surface area contributed by atoms with Crippen LogP contribution in [-0.4, -0.2) is 19.1 Å². The molecule has 61 heavy (non-hydrogen) atoms. The average molecular weight is 777 g/mol. The molecule has 0 bridgehead atoms. The van der Waals surface area contributed by atoms with Crippen molar-refractivity contribution in [2.75, 3.05) is 0 Å². The fraction of sp³-hybridized carbons (Fsp3) is 0. The minimum atomic E-state index is 0.511. The summed E-state index contributed by atoms with van der Waals surface area (Å²) >= 11 is 0. The monoisotopic (exact) mass is 776 g/mol. The minimum Gasteiger partial charge on any atom is -0.436 e. The summed E-state index contributed by atoms with van der Waals surface area (Å²) in [7, 11) is 0. The fourth-order valence-electron chi connectivity index (χ4n) is 10.4. The molecule has 0 saturated heterocycles. The third-order valence-electron chi connectivity index (χ3n) is 12.9. The highest BCUT2D eigenvalue weighted by molar-refractivity contribution is 6.36. The van der Waals surface area contributed by atoms with Gasteiger partial charge in [0.05, 0.1) is 22.1 Å².